The summed E-state index contributed by atoms with van der Waals surface area (Å²) < 4.78 is 0. The molecule has 1 amide bonds. The van der Waals surface area contributed by atoms with Gasteiger partial charge in [-0.2, -0.15) is 0 Å². The molecule has 2 heterocycles. The van der Waals surface area contributed by atoms with Crippen molar-refractivity contribution in [1.29, 1.82) is 0 Å². The molecule has 1 aromatic carbocycles. The van der Waals surface area contributed by atoms with Crippen molar-refractivity contribution >= 4 is 29.7 Å². The van der Waals surface area contributed by atoms with Crippen LogP contribution in [0.1, 0.15) is 35.7 Å². The highest BCUT2D eigenvalue weighted by Gasteiger charge is 2.21. The number of piperidine rings is 1. The second-order valence-electron chi connectivity index (χ2n) is 6.61. The lowest BCUT2D eigenvalue weighted by Crippen LogP contribution is -2.45. The van der Waals surface area contributed by atoms with Crippen molar-refractivity contribution in [2.24, 2.45) is 0 Å². The van der Waals surface area contributed by atoms with Crippen LogP contribution in [0.3, 0.4) is 0 Å². The molecule has 6 heteroatoms. The molecule has 3 rings (SSSR count). The number of benzene rings is 1. The Labute approximate surface area is 166 Å². The molecule has 142 valence electrons. The van der Waals surface area contributed by atoms with Crippen molar-refractivity contribution < 1.29 is 4.79 Å². The summed E-state index contributed by atoms with van der Waals surface area (Å²) in [4.78, 5) is 16.1. The number of halogens is 1. The largest absolute Gasteiger partial charge is 0.344 e. The van der Waals surface area contributed by atoms with Gasteiger partial charge in [-0.1, -0.05) is 36.4 Å². The second kappa shape index (κ2) is 10.7. The van der Waals surface area contributed by atoms with Crippen molar-refractivity contribution in [3.8, 4) is 0 Å². The molecular formula is C20H28ClN3OS. The van der Waals surface area contributed by atoms with E-state index < -0.39 is 0 Å². The molecule has 0 radical (unpaired) electrons. The molecule has 1 aliphatic heterocycles. The quantitative estimate of drug-likeness (QED) is 0.757. The van der Waals surface area contributed by atoms with Crippen LogP contribution in [-0.2, 0) is 4.79 Å². The lowest BCUT2D eigenvalue weighted by molar-refractivity contribution is -0.122. The van der Waals surface area contributed by atoms with Gasteiger partial charge in [0.1, 0.15) is 0 Å². The smallest absolute Gasteiger partial charge is 0.222 e. The first-order valence-corrected chi connectivity index (χ1v) is 9.91. The lowest BCUT2D eigenvalue weighted by Gasteiger charge is -2.32. The van der Waals surface area contributed by atoms with Crippen molar-refractivity contribution in [3.05, 3.63) is 58.3 Å². The van der Waals surface area contributed by atoms with E-state index in [1.165, 1.54) is 17.7 Å². The SMILES string of the molecule is CNC1CCCN(CCC(=O)NC(c2ccccc2)c2cccs2)C1.Cl. The Balaban J connectivity index is 0.00000243. The minimum Gasteiger partial charge on any atom is -0.344 e. The number of thiophene rings is 1. The molecule has 1 fully saturated rings. The van der Waals surface area contributed by atoms with Crippen LogP contribution in [0.2, 0.25) is 0 Å². The van der Waals surface area contributed by atoms with Gasteiger partial charge < -0.3 is 15.5 Å². The van der Waals surface area contributed by atoms with Gasteiger partial charge in [-0.25, -0.2) is 0 Å². The number of hydrogen-bond donors (Lipinski definition) is 2. The molecule has 0 spiro atoms. The molecule has 26 heavy (non-hydrogen) atoms. The summed E-state index contributed by atoms with van der Waals surface area (Å²) >= 11 is 1.68. The molecular weight excluding hydrogens is 366 g/mol. The van der Waals surface area contributed by atoms with Crippen LogP contribution in [0.25, 0.3) is 0 Å². The third-order valence-electron chi connectivity index (χ3n) is 4.83. The predicted octanol–water partition coefficient (Wildman–Crippen LogP) is 3.45. The molecule has 2 N–H and O–H groups in total. The van der Waals surface area contributed by atoms with Crippen LogP contribution in [0.4, 0.5) is 0 Å². The van der Waals surface area contributed by atoms with Crippen LogP contribution in [0.15, 0.2) is 47.8 Å². The number of amides is 1. The van der Waals surface area contributed by atoms with Gasteiger partial charge in [-0.15, -0.1) is 23.7 Å². The highest BCUT2D eigenvalue weighted by atomic mass is 35.5. The van der Waals surface area contributed by atoms with E-state index in [2.05, 4.69) is 39.1 Å². The Bertz CT molecular complexity index is 650. The summed E-state index contributed by atoms with van der Waals surface area (Å²) in [5.74, 6) is 0.119. The fourth-order valence-electron chi connectivity index (χ4n) is 3.41. The van der Waals surface area contributed by atoms with Gasteiger partial charge in [0.2, 0.25) is 5.91 Å². The Hall–Kier alpha value is -1.40. The Morgan fingerprint density at radius 2 is 2.08 bits per heavy atom. The maximum absolute atomic E-state index is 12.6. The topological polar surface area (TPSA) is 44.4 Å². The molecule has 2 unspecified atom stereocenters. The zero-order chi connectivity index (χ0) is 17.5. The summed E-state index contributed by atoms with van der Waals surface area (Å²) in [7, 11) is 2.02. The Morgan fingerprint density at radius 3 is 2.77 bits per heavy atom. The molecule has 0 aliphatic carbocycles. The summed E-state index contributed by atoms with van der Waals surface area (Å²) in [5, 5.41) is 8.64. The van der Waals surface area contributed by atoms with E-state index in [-0.39, 0.29) is 24.4 Å². The van der Waals surface area contributed by atoms with Crippen LogP contribution in [-0.4, -0.2) is 43.5 Å². The molecule has 0 bridgehead atoms. The zero-order valence-corrected chi connectivity index (χ0v) is 16.8. The summed E-state index contributed by atoms with van der Waals surface area (Å²) in [5.41, 5.74) is 1.13. The molecule has 4 nitrogen and oxygen atoms in total. The highest BCUT2D eigenvalue weighted by molar-refractivity contribution is 7.10. The van der Waals surface area contributed by atoms with E-state index in [4.69, 9.17) is 0 Å². The molecule has 2 aromatic rings. The average Bonchev–Trinajstić information content (AvgIpc) is 3.20. The molecule has 1 aromatic heterocycles. The lowest BCUT2D eigenvalue weighted by atomic mass is 10.0. The predicted molar refractivity (Wildman–Crippen MR) is 111 cm³/mol. The fourth-order valence-corrected chi connectivity index (χ4v) is 4.21. The number of carbonyl (C=O) groups excluding carboxylic acids is 1. The Kier molecular flexibility index (Phi) is 8.59. The average molecular weight is 394 g/mol. The van der Waals surface area contributed by atoms with E-state index in [0.29, 0.717) is 12.5 Å². The summed E-state index contributed by atoms with van der Waals surface area (Å²) in [6.45, 7) is 2.96. The Morgan fingerprint density at radius 1 is 1.27 bits per heavy atom. The maximum atomic E-state index is 12.6. The number of hydrogen-bond acceptors (Lipinski definition) is 4. The van der Waals surface area contributed by atoms with Crippen LogP contribution < -0.4 is 10.6 Å². The third kappa shape index (κ3) is 5.81. The van der Waals surface area contributed by atoms with Gasteiger partial charge in [-0.3, -0.25) is 4.79 Å². The van der Waals surface area contributed by atoms with Gasteiger partial charge in [0.05, 0.1) is 6.04 Å². The van der Waals surface area contributed by atoms with E-state index >= 15 is 0 Å². The normalized spacial score (nSPS) is 18.7. The molecule has 2 atom stereocenters. The third-order valence-corrected chi connectivity index (χ3v) is 5.77. The van der Waals surface area contributed by atoms with Gasteiger partial charge >= 0.3 is 0 Å². The van der Waals surface area contributed by atoms with Crippen molar-refractivity contribution in [1.82, 2.24) is 15.5 Å². The standard InChI is InChI=1S/C20H27N3OS.ClH/c1-21-17-9-5-12-23(15-17)13-11-19(24)22-20(18-10-6-14-25-18)16-7-3-2-4-8-16;/h2-4,6-8,10,14,17,20-21H,5,9,11-13,15H2,1H3,(H,22,24);1H. The maximum Gasteiger partial charge on any atom is 0.222 e. The highest BCUT2D eigenvalue weighted by Crippen LogP contribution is 2.26. The summed E-state index contributed by atoms with van der Waals surface area (Å²) in [6.07, 6.45) is 2.98. The molecule has 1 aliphatic rings. The summed E-state index contributed by atoms with van der Waals surface area (Å²) in [6, 6.07) is 14.8. The van der Waals surface area contributed by atoms with Crippen molar-refractivity contribution in [2.45, 2.75) is 31.3 Å². The number of carbonyl (C=O) groups is 1. The van der Waals surface area contributed by atoms with Crippen LogP contribution >= 0.6 is 23.7 Å². The fraction of sp³-hybridized carbons (Fsp3) is 0.450. The van der Waals surface area contributed by atoms with Gasteiger partial charge in [0, 0.05) is 30.4 Å². The van der Waals surface area contributed by atoms with E-state index in [9.17, 15) is 4.79 Å². The van der Waals surface area contributed by atoms with E-state index in [1.807, 2.05) is 31.3 Å². The van der Waals surface area contributed by atoms with Gasteiger partial charge in [0.15, 0.2) is 0 Å². The molecule has 1 saturated heterocycles. The minimum atomic E-state index is -0.0555. The van der Waals surface area contributed by atoms with Crippen molar-refractivity contribution in [3.63, 3.8) is 0 Å². The number of rotatable bonds is 7. The van der Waals surface area contributed by atoms with Crippen molar-refractivity contribution in [2.75, 3.05) is 26.7 Å². The second-order valence-corrected chi connectivity index (χ2v) is 7.58. The van der Waals surface area contributed by atoms with E-state index in [0.717, 1.165) is 25.2 Å². The first kappa shape index (κ1) is 20.9. The monoisotopic (exact) mass is 393 g/mol. The molecule has 0 saturated carbocycles. The number of likely N-dealkylation sites (tertiary alicyclic amines) is 1. The number of nitrogens with zero attached hydrogens (tertiary/aromatic N) is 1. The van der Waals surface area contributed by atoms with Gasteiger partial charge in [0.25, 0.3) is 0 Å². The van der Waals surface area contributed by atoms with E-state index in [1.54, 1.807) is 11.3 Å². The first-order valence-electron chi connectivity index (χ1n) is 9.03. The van der Waals surface area contributed by atoms with Gasteiger partial charge in [-0.05, 0) is 43.4 Å². The number of likely N-dealkylation sites (N-methyl/N-ethyl adjacent to an activating group) is 1. The number of nitrogens with one attached hydrogen (secondary N) is 2. The van der Waals surface area contributed by atoms with Crippen LogP contribution in [0, 0.1) is 0 Å². The first-order chi connectivity index (χ1) is 12.3. The minimum absolute atomic E-state index is 0. The zero-order valence-electron chi connectivity index (χ0n) is 15.2. The van der Waals surface area contributed by atoms with Crippen LogP contribution in [0.5, 0.6) is 0 Å².